The molecule has 0 aliphatic carbocycles. The van der Waals surface area contributed by atoms with Gasteiger partial charge in [0.25, 0.3) is 0 Å². The van der Waals surface area contributed by atoms with E-state index in [-0.39, 0.29) is 27.6 Å². The molecule has 0 spiro atoms. The van der Waals surface area contributed by atoms with E-state index >= 15 is 0 Å². The lowest BCUT2D eigenvalue weighted by atomic mass is 10.4. The maximum atomic E-state index is 12.2. The lowest BCUT2D eigenvalue weighted by Gasteiger charge is -2.06. The fraction of sp³-hybridized carbons (Fsp3) is 0.636. The summed E-state index contributed by atoms with van der Waals surface area (Å²) in [5, 5.41) is 5.00. The summed E-state index contributed by atoms with van der Waals surface area (Å²) in [7, 11) is -6.01. The second-order valence-corrected chi connectivity index (χ2v) is 9.47. The van der Waals surface area contributed by atoms with Crippen molar-refractivity contribution in [2.75, 3.05) is 39.5 Å². The van der Waals surface area contributed by atoms with E-state index in [9.17, 15) is 16.8 Å². The number of sulfonamides is 1. The molecule has 0 saturated carbocycles. The summed E-state index contributed by atoms with van der Waals surface area (Å²) in [6.07, 6.45) is 0. The topological polar surface area (TPSA) is 122 Å². The van der Waals surface area contributed by atoms with E-state index in [1.165, 1.54) is 20.1 Å². The Morgan fingerprint density at radius 3 is 2.32 bits per heavy atom. The lowest BCUT2D eigenvalue weighted by Crippen LogP contribution is -2.14. The molecule has 22 heavy (non-hydrogen) atoms. The highest BCUT2D eigenvalue weighted by molar-refractivity contribution is 7.95. The number of sulfone groups is 1. The van der Waals surface area contributed by atoms with Crippen molar-refractivity contribution in [2.45, 2.75) is 15.3 Å². The van der Waals surface area contributed by atoms with Crippen molar-refractivity contribution < 1.29 is 31.0 Å². The van der Waals surface area contributed by atoms with E-state index in [0.29, 0.717) is 30.1 Å². The van der Waals surface area contributed by atoms with Crippen LogP contribution < -0.4 is 5.14 Å². The number of hydrogen-bond donors (Lipinski definition) is 1. The fourth-order valence-corrected chi connectivity index (χ4v) is 5.42. The van der Waals surface area contributed by atoms with Gasteiger partial charge in [-0.1, -0.05) is 0 Å². The van der Waals surface area contributed by atoms with Gasteiger partial charge in [-0.2, -0.15) is 0 Å². The van der Waals surface area contributed by atoms with E-state index in [2.05, 4.69) is 0 Å². The molecule has 0 aromatic carbocycles. The van der Waals surface area contributed by atoms with Crippen molar-refractivity contribution >= 4 is 31.2 Å². The van der Waals surface area contributed by atoms with E-state index < -0.39 is 19.9 Å². The van der Waals surface area contributed by atoms with Gasteiger partial charge >= 0.3 is 0 Å². The third-order valence-corrected chi connectivity index (χ3v) is 7.56. The van der Waals surface area contributed by atoms with Gasteiger partial charge in [-0.05, 0) is 18.6 Å². The summed E-state index contributed by atoms with van der Waals surface area (Å²) in [5.41, 5.74) is 0.352. The first-order valence-corrected chi connectivity index (χ1v) is 10.2. The average Bonchev–Trinajstić information content (AvgIpc) is 2.80. The van der Waals surface area contributed by atoms with E-state index in [0.717, 1.165) is 0 Å². The molecular formula is C11H19NO7S3. The molecule has 1 aromatic rings. The van der Waals surface area contributed by atoms with Gasteiger partial charge in [-0.3, -0.25) is 0 Å². The number of hydrogen-bond acceptors (Lipinski definition) is 8. The Balaban J connectivity index is 2.59. The van der Waals surface area contributed by atoms with E-state index in [1.807, 2.05) is 0 Å². The van der Waals surface area contributed by atoms with Crippen molar-refractivity contribution in [2.24, 2.45) is 5.14 Å². The standard InChI is InChI=1S/C11H19NO7S3/c1-9-7-10(22(12,15)16)20-11(9)21(13,14)6-5-19-8-18-4-3-17-2/h7H,3-6,8H2,1-2H3,(H2,12,15,16). The minimum Gasteiger partial charge on any atom is -0.382 e. The molecule has 11 heteroatoms. The Morgan fingerprint density at radius 2 is 1.77 bits per heavy atom. The van der Waals surface area contributed by atoms with Crippen LogP contribution in [0.2, 0.25) is 0 Å². The third-order valence-electron chi connectivity index (χ3n) is 2.51. The zero-order chi connectivity index (χ0) is 16.8. The monoisotopic (exact) mass is 373 g/mol. The summed E-state index contributed by atoms with van der Waals surface area (Å²) in [6.45, 7) is 2.20. The molecule has 8 nitrogen and oxygen atoms in total. The Kier molecular flexibility index (Phi) is 7.38. The zero-order valence-electron chi connectivity index (χ0n) is 12.3. The first-order chi connectivity index (χ1) is 10.2. The smallest absolute Gasteiger partial charge is 0.247 e. The Bertz CT molecular complexity index is 679. The highest BCUT2D eigenvalue weighted by Crippen LogP contribution is 2.29. The Hall–Kier alpha value is -0.560. The number of nitrogens with two attached hydrogens (primary N) is 1. The highest BCUT2D eigenvalue weighted by atomic mass is 32.3. The van der Waals surface area contributed by atoms with Crippen LogP contribution in [0, 0.1) is 6.92 Å². The minimum atomic E-state index is -3.91. The molecule has 1 heterocycles. The van der Waals surface area contributed by atoms with Gasteiger partial charge in [0.05, 0.1) is 25.6 Å². The number of aryl methyl sites for hydroxylation is 1. The van der Waals surface area contributed by atoms with Gasteiger partial charge in [0, 0.05) is 7.11 Å². The predicted octanol–water partition coefficient (Wildman–Crippen LogP) is 0.115. The van der Waals surface area contributed by atoms with Crippen LogP contribution >= 0.6 is 11.3 Å². The van der Waals surface area contributed by atoms with Crippen LogP contribution in [0.3, 0.4) is 0 Å². The molecule has 0 radical (unpaired) electrons. The molecule has 0 amide bonds. The highest BCUT2D eigenvalue weighted by Gasteiger charge is 2.23. The van der Waals surface area contributed by atoms with Crippen LogP contribution in [-0.4, -0.2) is 56.3 Å². The first kappa shape index (κ1) is 19.5. The van der Waals surface area contributed by atoms with E-state index in [1.54, 1.807) is 0 Å². The first-order valence-electron chi connectivity index (χ1n) is 6.19. The number of rotatable bonds is 10. The number of primary sulfonamides is 1. The van der Waals surface area contributed by atoms with Gasteiger partial charge in [-0.15, -0.1) is 11.3 Å². The van der Waals surface area contributed by atoms with Crippen molar-refractivity contribution in [3.05, 3.63) is 11.6 Å². The van der Waals surface area contributed by atoms with E-state index in [4.69, 9.17) is 19.3 Å². The summed E-state index contributed by atoms with van der Waals surface area (Å²) in [5.74, 6) is -0.272. The normalized spacial score (nSPS) is 12.7. The molecular weight excluding hydrogens is 354 g/mol. The average molecular weight is 373 g/mol. The number of thiophene rings is 1. The molecule has 0 atom stereocenters. The second kappa shape index (κ2) is 8.34. The van der Waals surface area contributed by atoms with Crippen molar-refractivity contribution in [1.29, 1.82) is 0 Å². The van der Waals surface area contributed by atoms with Gasteiger partial charge in [0.1, 0.15) is 15.2 Å². The van der Waals surface area contributed by atoms with Crippen LogP contribution in [-0.2, 0) is 34.1 Å². The molecule has 2 N–H and O–H groups in total. The van der Waals surface area contributed by atoms with Gasteiger partial charge < -0.3 is 14.2 Å². The largest absolute Gasteiger partial charge is 0.382 e. The summed E-state index contributed by atoms with van der Waals surface area (Å²) >= 11 is 0.644. The molecule has 0 aliphatic rings. The maximum absolute atomic E-state index is 12.2. The molecule has 0 bridgehead atoms. The van der Waals surface area contributed by atoms with Gasteiger partial charge in [0.15, 0.2) is 9.84 Å². The Morgan fingerprint density at radius 1 is 1.14 bits per heavy atom. The molecule has 0 saturated heterocycles. The summed E-state index contributed by atoms with van der Waals surface area (Å²) < 4.78 is 61.5. The quantitative estimate of drug-likeness (QED) is 0.456. The van der Waals surface area contributed by atoms with Crippen LogP contribution in [0.5, 0.6) is 0 Å². The summed E-state index contributed by atoms with van der Waals surface area (Å²) in [4.78, 5) is 0. The van der Waals surface area contributed by atoms with Crippen LogP contribution in [0.25, 0.3) is 0 Å². The molecule has 1 aromatic heterocycles. The maximum Gasteiger partial charge on any atom is 0.247 e. The second-order valence-electron chi connectivity index (χ2n) is 4.33. The molecule has 0 unspecified atom stereocenters. The summed E-state index contributed by atoms with van der Waals surface area (Å²) in [6, 6.07) is 1.25. The SMILES string of the molecule is COCCOCOCCS(=O)(=O)c1sc(S(N)(=O)=O)cc1C. The van der Waals surface area contributed by atoms with Crippen molar-refractivity contribution in [1.82, 2.24) is 0 Å². The minimum absolute atomic E-state index is 0.0135. The molecule has 0 aliphatic heterocycles. The van der Waals surface area contributed by atoms with Crippen LogP contribution in [0.15, 0.2) is 14.5 Å². The lowest BCUT2D eigenvalue weighted by molar-refractivity contribution is -0.0611. The van der Waals surface area contributed by atoms with Gasteiger partial charge in [-0.25, -0.2) is 22.0 Å². The third kappa shape index (κ3) is 5.91. The zero-order valence-corrected chi connectivity index (χ0v) is 14.7. The molecule has 128 valence electrons. The fourth-order valence-electron chi connectivity index (χ4n) is 1.47. The predicted molar refractivity (Wildman–Crippen MR) is 81.1 cm³/mol. The van der Waals surface area contributed by atoms with Crippen LogP contribution in [0.4, 0.5) is 0 Å². The van der Waals surface area contributed by atoms with Crippen molar-refractivity contribution in [3.63, 3.8) is 0 Å². The molecule has 1 rings (SSSR count). The van der Waals surface area contributed by atoms with Crippen molar-refractivity contribution in [3.8, 4) is 0 Å². The van der Waals surface area contributed by atoms with Gasteiger partial charge in [0.2, 0.25) is 10.0 Å². The number of ether oxygens (including phenoxy) is 3. The Labute approximate surface area is 134 Å². The number of methoxy groups -OCH3 is 1. The van der Waals surface area contributed by atoms with Crippen LogP contribution in [0.1, 0.15) is 5.56 Å². The molecule has 0 fully saturated rings.